The van der Waals surface area contributed by atoms with Crippen molar-refractivity contribution < 1.29 is 13.8 Å². The van der Waals surface area contributed by atoms with Crippen molar-refractivity contribution in [3.8, 4) is 0 Å². The van der Waals surface area contributed by atoms with Gasteiger partial charge in [-0.25, -0.2) is 4.62 Å². The molecule has 0 bridgehead atoms. The van der Waals surface area contributed by atoms with Crippen LogP contribution in [0.4, 0.5) is 0 Å². The van der Waals surface area contributed by atoms with Crippen LogP contribution in [0.25, 0.3) is 0 Å². The van der Waals surface area contributed by atoms with E-state index in [0.717, 1.165) is 0 Å². The van der Waals surface area contributed by atoms with Crippen LogP contribution >= 0.6 is 14.7 Å². The molecule has 6 heteroatoms. The van der Waals surface area contributed by atoms with Crippen LogP contribution < -0.4 is 26.5 Å². The average molecular weight is 435 g/mol. The first-order chi connectivity index (χ1) is 14.6. The fourth-order valence-electron chi connectivity index (χ4n) is 3.15. The first kappa shape index (κ1) is 20.5. The van der Waals surface area contributed by atoms with E-state index in [4.69, 9.17) is 4.62 Å². The van der Waals surface area contributed by atoms with Crippen molar-refractivity contribution in [1.29, 1.82) is 0 Å². The normalized spacial score (nSPS) is 11.9. The number of benzene rings is 4. The molecule has 4 aromatic carbocycles. The smallest absolute Gasteiger partial charge is 0.277 e. The van der Waals surface area contributed by atoms with Crippen molar-refractivity contribution in [3.63, 3.8) is 0 Å². The second-order valence-corrected chi connectivity index (χ2v) is 11.4. The van der Waals surface area contributed by atoms with E-state index in [1.165, 1.54) is 0 Å². The third kappa shape index (κ3) is 4.09. The van der Waals surface area contributed by atoms with Crippen molar-refractivity contribution >= 4 is 35.9 Å². The summed E-state index contributed by atoms with van der Waals surface area (Å²) in [6.45, 7) is 0. The summed E-state index contributed by atoms with van der Waals surface area (Å²) in [6, 6.07) is 36.1. The second kappa shape index (κ2) is 8.95. The maximum atomic E-state index is 14.2. The van der Waals surface area contributed by atoms with Crippen molar-refractivity contribution in [2.75, 3.05) is 0 Å². The predicted molar refractivity (Wildman–Crippen MR) is 124 cm³/mol. The maximum Gasteiger partial charge on any atom is 0.277 e. The van der Waals surface area contributed by atoms with Crippen LogP contribution in [0.3, 0.4) is 0 Å². The summed E-state index contributed by atoms with van der Waals surface area (Å²) in [6.07, 6.45) is 0. The minimum atomic E-state index is -3.54. The van der Waals surface area contributed by atoms with Gasteiger partial charge in [0.2, 0.25) is 7.29 Å². The molecule has 0 aromatic heterocycles. The largest absolute Gasteiger partial charge is 0.294 e. The van der Waals surface area contributed by atoms with Gasteiger partial charge < -0.3 is 0 Å². The van der Waals surface area contributed by atoms with Gasteiger partial charge in [-0.15, -0.1) is 5.25 Å². The highest BCUT2D eigenvalue weighted by Crippen LogP contribution is 2.48. The van der Waals surface area contributed by atoms with E-state index in [9.17, 15) is 9.13 Å². The zero-order chi connectivity index (χ0) is 20.9. The Balaban J connectivity index is 1.78. The molecule has 4 aromatic rings. The summed E-state index contributed by atoms with van der Waals surface area (Å²) in [5.74, 6) is 0. The molecule has 0 atom stereocenters. The van der Waals surface area contributed by atoms with Crippen molar-refractivity contribution in [3.05, 3.63) is 121 Å². The van der Waals surface area contributed by atoms with Gasteiger partial charge in [0.25, 0.3) is 7.37 Å². The summed E-state index contributed by atoms with van der Waals surface area (Å²) in [7, 11) is -6.95. The van der Waals surface area contributed by atoms with Crippen LogP contribution in [-0.4, -0.2) is 0 Å². The van der Waals surface area contributed by atoms with E-state index < -0.39 is 14.7 Å². The minimum absolute atomic E-state index is 0.524. The molecule has 0 aliphatic rings. The van der Waals surface area contributed by atoms with E-state index >= 15 is 0 Å². The summed E-state index contributed by atoms with van der Waals surface area (Å²) in [5, 5.41) is 4.95. The minimum Gasteiger partial charge on any atom is -0.294 e. The van der Waals surface area contributed by atoms with Crippen LogP contribution in [-0.2, 0) is 13.8 Å². The molecule has 0 radical (unpaired) electrons. The molecule has 1 N–H and O–H groups in total. The number of hydrogen-bond donors (Lipinski definition) is 1. The van der Waals surface area contributed by atoms with Crippen LogP contribution in [0.1, 0.15) is 0 Å². The second-order valence-electron chi connectivity index (χ2n) is 6.69. The molecule has 150 valence electrons. The highest BCUT2D eigenvalue weighted by atomic mass is 31.2. The van der Waals surface area contributed by atoms with Crippen molar-refractivity contribution in [2.24, 2.45) is 0 Å². The Kier molecular flexibility index (Phi) is 6.13. The van der Waals surface area contributed by atoms with Crippen molar-refractivity contribution in [2.45, 2.75) is 0 Å². The Labute approximate surface area is 176 Å². The lowest BCUT2D eigenvalue weighted by atomic mass is 10.4. The van der Waals surface area contributed by atoms with Gasteiger partial charge in [-0.3, -0.25) is 9.13 Å². The van der Waals surface area contributed by atoms with Gasteiger partial charge in [0, 0.05) is 21.2 Å². The van der Waals surface area contributed by atoms with Gasteiger partial charge in [-0.1, -0.05) is 72.8 Å². The van der Waals surface area contributed by atoms with Gasteiger partial charge >= 0.3 is 0 Å². The quantitative estimate of drug-likeness (QED) is 0.266. The first-order valence-corrected chi connectivity index (χ1v) is 12.8. The lowest BCUT2D eigenvalue weighted by Gasteiger charge is -2.25. The molecule has 0 saturated carbocycles. The lowest BCUT2D eigenvalue weighted by molar-refractivity contribution is 0.282. The van der Waals surface area contributed by atoms with Crippen LogP contribution in [0.5, 0.6) is 0 Å². The maximum absolute atomic E-state index is 14.2. The van der Waals surface area contributed by atoms with Crippen LogP contribution in [0, 0.1) is 0 Å². The van der Waals surface area contributed by atoms with E-state index in [1.54, 1.807) is 48.5 Å². The van der Waals surface area contributed by atoms with E-state index in [0.29, 0.717) is 21.2 Å². The van der Waals surface area contributed by atoms with E-state index in [1.807, 2.05) is 72.8 Å². The highest BCUT2D eigenvalue weighted by Gasteiger charge is 2.35. The molecule has 0 saturated heterocycles. The fraction of sp³-hybridized carbons (Fsp3) is 0. The van der Waals surface area contributed by atoms with Gasteiger partial charge in [0.15, 0.2) is 0 Å². The topological polar surface area (TPSA) is 55.4 Å². The number of rotatable bonds is 7. The Bertz CT molecular complexity index is 1000. The molecule has 30 heavy (non-hydrogen) atoms. The molecule has 0 aliphatic heterocycles. The molecule has 0 amide bonds. The third-order valence-corrected chi connectivity index (χ3v) is 9.58. The van der Waals surface area contributed by atoms with E-state index in [-0.39, 0.29) is 0 Å². The predicted octanol–water partition coefficient (Wildman–Crippen LogP) is 4.37. The Morgan fingerprint density at radius 2 is 0.833 bits per heavy atom. The Morgan fingerprint density at radius 1 is 0.533 bits per heavy atom. The third-order valence-electron chi connectivity index (χ3n) is 4.73. The SMILES string of the molecule is O=P(ONP(=[18O])(c1ccccc1)c1ccccc1)(c1ccccc1)c1ccccc1. The van der Waals surface area contributed by atoms with Gasteiger partial charge in [-0.05, 0) is 48.5 Å². The van der Waals surface area contributed by atoms with Crippen LogP contribution in [0.2, 0.25) is 0 Å². The first-order valence-electron chi connectivity index (χ1n) is 9.51. The molecule has 0 spiro atoms. The molecule has 0 unspecified atom stereocenters. The van der Waals surface area contributed by atoms with Crippen molar-refractivity contribution in [1.82, 2.24) is 5.25 Å². The summed E-state index contributed by atoms with van der Waals surface area (Å²) < 4.78 is 34.2. The van der Waals surface area contributed by atoms with E-state index in [2.05, 4.69) is 5.25 Å². The van der Waals surface area contributed by atoms with Crippen LogP contribution in [0.15, 0.2) is 121 Å². The molecular weight excluding hydrogens is 414 g/mol. The Hall–Kier alpha value is -2.74. The lowest BCUT2D eigenvalue weighted by Crippen LogP contribution is -2.30. The molecule has 0 fully saturated rings. The Morgan fingerprint density at radius 3 is 1.17 bits per heavy atom. The standard InChI is InChI=1S/C24H21NO3P2/c26-29(21-13-5-1-6-14-21,22-15-7-2-8-16-22)25-28-30(27,23-17-9-3-10-18-23)24-19-11-4-12-20-24/h1-20H,(H,25,26)/i26+2. The summed E-state index contributed by atoms with van der Waals surface area (Å²) >= 11 is 0. The zero-order valence-electron chi connectivity index (χ0n) is 16.2. The van der Waals surface area contributed by atoms with Gasteiger partial charge in [0.1, 0.15) is 0 Å². The fourth-order valence-corrected chi connectivity index (χ4v) is 7.40. The molecular formula is C24H21NO3P2. The summed E-state index contributed by atoms with van der Waals surface area (Å²) in [5.41, 5.74) is 0. The van der Waals surface area contributed by atoms with Gasteiger partial charge in [0.05, 0.1) is 0 Å². The number of hydrogen-bond acceptors (Lipinski definition) is 3. The molecule has 0 heterocycles. The molecule has 4 nitrogen and oxygen atoms in total. The zero-order valence-corrected chi connectivity index (χ0v) is 18.0. The molecule has 0 aliphatic carbocycles. The number of nitrogens with one attached hydrogen (secondary N) is 1. The van der Waals surface area contributed by atoms with Gasteiger partial charge in [-0.2, -0.15) is 0 Å². The highest BCUT2D eigenvalue weighted by molar-refractivity contribution is 7.78. The average Bonchev–Trinajstić information content (AvgIpc) is 2.84. The summed E-state index contributed by atoms with van der Waals surface area (Å²) in [4.78, 5) is 0. The molecule has 4 rings (SSSR count). The monoisotopic (exact) mass is 435 g/mol.